The van der Waals surface area contributed by atoms with E-state index in [2.05, 4.69) is 15.5 Å². The molecule has 0 radical (unpaired) electrons. The summed E-state index contributed by atoms with van der Waals surface area (Å²) < 4.78 is 27.7. The second-order valence-electron chi connectivity index (χ2n) is 5.14. The number of carbonyl (C=O) groups excluding carboxylic acids is 1. The van der Waals surface area contributed by atoms with Crippen LogP contribution in [0.25, 0.3) is 5.69 Å². The Morgan fingerprint density at radius 1 is 1.16 bits per heavy atom. The summed E-state index contributed by atoms with van der Waals surface area (Å²) in [4.78, 5) is 12.4. The van der Waals surface area contributed by atoms with E-state index < -0.39 is 16.9 Å². The Hall–Kier alpha value is -2.81. The van der Waals surface area contributed by atoms with Gasteiger partial charge < -0.3 is 5.11 Å². The van der Waals surface area contributed by atoms with Crippen LogP contribution in [0.4, 0.5) is 8.78 Å². The van der Waals surface area contributed by atoms with Gasteiger partial charge in [-0.05, 0) is 59.8 Å². The average molecular weight is 362 g/mol. The Labute approximate surface area is 145 Å². The highest BCUT2D eigenvalue weighted by Gasteiger charge is 2.21. The number of phenols is 1. The van der Waals surface area contributed by atoms with E-state index in [1.54, 1.807) is 19.1 Å². The molecule has 0 unspecified atom stereocenters. The van der Waals surface area contributed by atoms with Crippen LogP contribution in [0.5, 0.6) is 5.75 Å². The fourth-order valence-corrected chi connectivity index (χ4v) is 2.99. The quantitative estimate of drug-likeness (QED) is 0.555. The van der Waals surface area contributed by atoms with E-state index in [-0.39, 0.29) is 17.1 Å². The third kappa shape index (κ3) is 3.66. The number of nitrogens with zero attached hydrogens (tertiary/aromatic N) is 4. The molecule has 128 valence electrons. The zero-order valence-electron chi connectivity index (χ0n) is 12.9. The Morgan fingerprint density at radius 3 is 2.56 bits per heavy atom. The zero-order valence-corrected chi connectivity index (χ0v) is 13.7. The lowest BCUT2D eigenvalue weighted by Gasteiger charge is -2.10. The van der Waals surface area contributed by atoms with E-state index in [1.165, 1.54) is 22.9 Å². The Bertz CT molecular complexity index is 915. The summed E-state index contributed by atoms with van der Waals surface area (Å²) in [6.07, 6.45) is 0. The summed E-state index contributed by atoms with van der Waals surface area (Å²) >= 11 is 1.09. The number of Topliss-reactive ketones (excluding diaryl/α,β-unsaturated/α-hetero) is 1. The lowest BCUT2D eigenvalue weighted by Crippen LogP contribution is -2.15. The Kier molecular flexibility index (Phi) is 4.75. The number of halogens is 2. The van der Waals surface area contributed by atoms with Gasteiger partial charge in [-0.15, -0.1) is 5.10 Å². The molecule has 3 rings (SSSR count). The van der Waals surface area contributed by atoms with Gasteiger partial charge in [0, 0.05) is 5.56 Å². The molecular formula is C16H12F2N4O2S. The van der Waals surface area contributed by atoms with Gasteiger partial charge in [0.25, 0.3) is 0 Å². The largest absolute Gasteiger partial charge is 0.508 e. The topological polar surface area (TPSA) is 80.9 Å². The molecule has 0 saturated heterocycles. The van der Waals surface area contributed by atoms with Crippen molar-refractivity contribution in [1.29, 1.82) is 0 Å². The predicted octanol–water partition coefficient (Wildman–Crippen LogP) is 3.01. The minimum absolute atomic E-state index is 0.0718. The molecule has 1 N–H and O–H groups in total. The Morgan fingerprint density at radius 2 is 1.88 bits per heavy atom. The first kappa shape index (κ1) is 17.0. The van der Waals surface area contributed by atoms with Crippen molar-refractivity contribution in [3.63, 3.8) is 0 Å². The second-order valence-corrected chi connectivity index (χ2v) is 6.45. The lowest BCUT2D eigenvalue weighted by molar-refractivity contribution is 0.0993. The van der Waals surface area contributed by atoms with Crippen LogP contribution in [0.15, 0.2) is 47.6 Å². The summed E-state index contributed by atoms with van der Waals surface area (Å²) in [6, 6.07) is 9.25. The highest BCUT2D eigenvalue weighted by Crippen LogP contribution is 2.26. The van der Waals surface area contributed by atoms with Gasteiger partial charge in [-0.25, -0.2) is 8.78 Å². The van der Waals surface area contributed by atoms with Crippen molar-refractivity contribution < 1.29 is 18.7 Å². The molecule has 1 atom stereocenters. The molecule has 0 aliphatic carbocycles. The number of thioether (sulfide) groups is 1. The number of ketones is 1. The van der Waals surface area contributed by atoms with Crippen LogP contribution in [0.2, 0.25) is 0 Å². The minimum Gasteiger partial charge on any atom is -0.508 e. The summed E-state index contributed by atoms with van der Waals surface area (Å²) in [5.41, 5.74) is 0.681. The number of rotatable bonds is 5. The van der Waals surface area contributed by atoms with Crippen molar-refractivity contribution in [1.82, 2.24) is 20.2 Å². The first-order valence-corrected chi connectivity index (χ1v) is 8.07. The molecule has 0 fully saturated rings. The highest BCUT2D eigenvalue weighted by atomic mass is 32.2. The highest BCUT2D eigenvalue weighted by molar-refractivity contribution is 8.00. The molecule has 6 nitrogen and oxygen atoms in total. The van der Waals surface area contributed by atoms with Crippen LogP contribution in [0.1, 0.15) is 17.3 Å². The van der Waals surface area contributed by atoms with Gasteiger partial charge in [-0.1, -0.05) is 11.8 Å². The molecule has 0 aliphatic rings. The fraction of sp³-hybridized carbons (Fsp3) is 0.125. The third-order valence-electron chi connectivity index (χ3n) is 3.39. The van der Waals surface area contributed by atoms with Crippen molar-refractivity contribution in [2.24, 2.45) is 0 Å². The van der Waals surface area contributed by atoms with E-state index in [1.807, 2.05) is 0 Å². The van der Waals surface area contributed by atoms with Crippen LogP contribution in [0.3, 0.4) is 0 Å². The van der Waals surface area contributed by atoms with E-state index >= 15 is 0 Å². The van der Waals surface area contributed by atoms with Gasteiger partial charge in [-0.3, -0.25) is 4.79 Å². The molecule has 1 aromatic heterocycles. The standard InChI is InChI=1S/C16H12F2N4O2S/c1-9(15(24)10-2-7-13(17)14(18)8-10)25-16-19-20-21-22(16)11-3-5-12(23)6-4-11/h2-9,23H,1H3/t9-/m0/s1. The molecule has 0 spiro atoms. The molecular weight excluding hydrogens is 350 g/mol. The van der Waals surface area contributed by atoms with Gasteiger partial charge in [0.2, 0.25) is 5.16 Å². The van der Waals surface area contributed by atoms with Gasteiger partial charge in [-0.2, -0.15) is 4.68 Å². The molecule has 9 heteroatoms. The fourth-order valence-electron chi connectivity index (χ4n) is 2.10. The number of benzene rings is 2. The van der Waals surface area contributed by atoms with E-state index in [9.17, 15) is 18.7 Å². The SMILES string of the molecule is C[C@H](Sc1nnnn1-c1ccc(O)cc1)C(=O)c1ccc(F)c(F)c1. The first-order valence-electron chi connectivity index (χ1n) is 7.19. The molecule has 0 amide bonds. The van der Waals surface area contributed by atoms with Gasteiger partial charge in [0.05, 0.1) is 10.9 Å². The van der Waals surface area contributed by atoms with Crippen molar-refractivity contribution in [3.05, 3.63) is 59.7 Å². The maximum absolute atomic E-state index is 13.3. The number of phenolic OH excluding ortho intramolecular Hbond substituents is 1. The maximum Gasteiger partial charge on any atom is 0.214 e. The molecule has 3 aromatic rings. The van der Waals surface area contributed by atoms with Crippen LogP contribution in [-0.2, 0) is 0 Å². The molecule has 2 aromatic carbocycles. The minimum atomic E-state index is -1.07. The van der Waals surface area contributed by atoms with Crippen molar-refractivity contribution in [3.8, 4) is 11.4 Å². The summed E-state index contributed by atoms with van der Waals surface area (Å²) in [7, 11) is 0. The van der Waals surface area contributed by atoms with Crippen LogP contribution in [-0.4, -0.2) is 36.3 Å². The smallest absolute Gasteiger partial charge is 0.214 e. The van der Waals surface area contributed by atoms with Crippen LogP contribution < -0.4 is 0 Å². The monoisotopic (exact) mass is 362 g/mol. The summed E-state index contributed by atoms with van der Waals surface area (Å²) in [5.74, 6) is -2.35. The third-order valence-corrected chi connectivity index (χ3v) is 4.42. The molecule has 0 saturated carbocycles. The average Bonchev–Trinajstić information content (AvgIpc) is 3.05. The number of aromatic nitrogens is 4. The van der Waals surface area contributed by atoms with Crippen molar-refractivity contribution in [2.75, 3.05) is 0 Å². The van der Waals surface area contributed by atoms with Gasteiger partial charge in [0.1, 0.15) is 5.75 Å². The summed E-state index contributed by atoms with van der Waals surface area (Å²) in [5, 5.41) is 20.4. The molecule has 0 bridgehead atoms. The van der Waals surface area contributed by atoms with Gasteiger partial charge in [0.15, 0.2) is 17.4 Å². The van der Waals surface area contributed by atoms with Crippen LogP contribution in [0, 0.1) is 11.6 Å². The molecule has 1 heterocycles. The van der Waals surface area contributed by atoms with Gasteiger partial charge >= 0.3 is 0 Å². The van der Waals surface area contributed by atoms with E-state index in [0.29, 0.717) is 10.8 Å². The lowest BCUT2D eigenvalue weighted by atomic mass is 10.1. The van der Waals surface area contributed by atoms with Crippen LogP contribution >= 0.6 is 11.8 Å². The number of hydrogen-bond acceptors (Lipinski definition) is 6. The number of aromatic hydroxyl groups is 1. The number of carbonyl (C=O) groups is 1. The summed E-state index contributed by atoms with van der Waals surface area (Å²) in [6.45, 7) is 1.63. The van der Waals surface area contributed by atoms with Crippen molar-refractivity contribution in [2.45, 2.75) is 17.3 Å². The number of hydrogen-bond donors (Lipinski definition) is 1. The van der Waals surface area contributed by atoms with Crippen molar-refractivity contribution >= 4 is 17.5 Å². The van der Waals surface area contributed by atoms with E-state index in [4.69, 9.17) is 0 Å². The first-order chi connectivity index (χ1) is 12.0. The second kappa shape index (κ2) is 6.98. The molecule has 0 aliphatic heterocycles. The zero-order chi connectivity index (χ0) is 18.0. The normalized spacial score (nSPS) is 12.1. The predicted molar refractivity (Wildman–Crippen MR) is 86.8 cm³/mol. The Balaban J connectivity index is 1.80. The molecule has 25 heavy (non-hydrogen) atoms. The maximum atomic E-state index is 13.3. The number of tetrazole rings is 1. The van der Waals surface area contributed by atoms with E-state index in [0.717, 1.165) is 23.9 Å².